The molecule has 0 bridgehead atoms. The summed E-state index contributed by atoms with van der Waals surface area (Å²) < 4.78 is 13.4. The molecule has 4 rings (SSSR count). The number of amides is 1. The van der Waals surface area contributed by atoms with Crippen molar-refractivity contribution in [2.24, 2.45) is 0 Å². The summed E-state index contributed by atoms with van der Waals surface area (Å²) in [6.45, 7) is 0.438. The van der Waals surface area contributed by atoms with Crippen LogP contribution in [0.2, 0.25) is 0 Å². The zero-order valence-corrected chi connectivity index (χ0v) is 15.2. The van der Waals surface area contributed by atoms with Gasteiger partial charge < -0.3 is 4.90 Å². The quantitative estimate of drug-likeness (QED) is 0.652. The van der Waals surface area contributed by atoms with Crippen LogP contribution in [0, 0.1) is 5.82 Å². The molecule has 0 spiro atoms. The number of pyridine rings is 1. The Bertz CT molecular complexity index is 1000. The average molecular weight is 374 g/mol. The second-order valence-corrected chi connectivity index (χ2v) is 6.90. The van der Waals surface area contributed by atoms with Gasteiger partial charge in [-0.3, -0.25) is 14.6 Å². The summed E-state index contributed by atoms with van der Waals surface area (Å²) in [5.74, 6) is -0.467. The predicted molar refractivity (Wildman–Crippen MR) is 103 cm³/mol. The SMILES string of the molecule is O=C(Cc1ccccn1)CC(c1ccc(F)cc1)N1Cc2ccccc2C1=O. The third-order valence-electron chi connectivity index (χ3n) is 5.01. The van der Waals surface area contributed by atoms with Gasteiger partial charge in [-0.15, -0.1) is 0 Å². The summed E-state index contributed by atoms with van der Waals surface area (Å²) in [5.41, 5.74) is 3.04. The highest BCUT2D eigenvalue weighted by molar-refractivity contribution is 5.99. The van der Waals surface area contributed by atoms with E-state index in [1.807, 2.05) is 30.3 Å². The standard InChI is InChI=1S/C23H19FN2O2/c24-18-10-8-16(9-11-18)22(14-20(27)13-19-6-3-4-12-25-19)26-15-17-5-1-2-7-21(17)23(26)28/h1-12,22H,13-15H2. The van der Waals surface area contributed by atoms with Gasteiger partial charge in [-0.05, 0) is 41.5 Å². The second-order valence-electron chi connectivity index (χ2n) is 6.90. The van der Waals surface area contributed by atoms with Crippen LogP contribution in [-0.4, -0.2) is 21.6 Å². The summed E-state index contributed by atoms with van der Waals surface area (Å²) in [6.07, 6.45) is 2.01. The third-order valence-corrected chi connectivity index (χ3v) is 5.01. The van der Waals surface area contributed by atoms with Gasteiger partial charge in [0.1, 0.15) is 11.6 Å². The first-order valence-corrected chi connectivity index (χ1v) is 9.18. The van der Waals surface area contributed by atoms with Crippen LogP contribution in [0.4, 0.5) is 4.39 Å². The molecule has 1 unspecified atom stereocenters. The highest BCUT2D eigenvalue weighted by Gasteiger charge is 2.34. The fourth-order valence-electron chi connectivity index (χ4n) is 3.61. The number of carbonyl (C=O) groups excluding carboxylic acids is 2. The molecule has 1 aliphatic heterocycles. The van der Waals surface area contributed by atoms with Crippen molar-refractivity contribution in [1.82, 2.24) is 9.88 Å². The Morgan fingerprint density at radius 2 is 1.79 bits per heavy atom. The van der Waals surface area contributed by atoms with Crippen molar-refractivity contribution in [2.45, 2.75) is 25.4 Å². The molecule has 5 heteroatoms. The van der Waals surface area contributed by atoms with Crippen molar-refractivity contribution in [1.29, 1.82) is 0 Å². The predicted octanol–water partition coefficient (Wildman–Crippen LogP) is 4.12. The number of fused-ring (bicyclic) bond motifs is 1. The number of benzene rings is 2. The van der Waals surface area contributed by atoms with Crippen LogP contribution < -0.4 is 0 Å². The van der Waals surface area contributed by atoms with Gasteiger partial charge in [0, 0.05) is 36.8 Å². The number of hydrogen-bond acceptors (Lipinski definition) is 3. The number of ketones is 1. The molecule has 2 aromatic carbocycles. The zero-order valence-electron chi connectivity index (χ0n) is 15.2. The number of carbonyl (C=O) groups is 2. The molecule has 0 radical (unpaired) electrons. The van der Waals surface area contributed by atoms with E-state index in [4.69, 9.17) is 0 Å². The monoisotopic (exact) mass is 374 g/mol. The van der Waals surface area contributed by atoms with Crippen molar-refractivity contribution < 1.29 is 14.0 Å². The summed E-state index contributed by atoms with van der Waals surface area (Å²) >= 11 is 0. The minimum atomic E-state index is -0.447. The highest BCUT2D eigenvalue weighted by atomic mass is 19.1. The van der Waals surface area contributed by atoms with E-state index in [1.54, 1.807) is 35.4 Å². The second kappa shape index (κ2) is 7.72. The van der Waals surface area contributed by atoms with Crippen LogP contribution in [0.1, 0.15) is 39.6 Å². The summed E-state index contributed by atoms with van der Waals surface area (Å²) in [4.78, 5) is 31.6. The van der Waals surface area contributed by atoms with E-state index in [9.17, 15) is 14.0 Å². The average Bonchev–Trinajstić information content (AvgIpc) is 3.04. The Balaban J connectivity index is 1.61. The molecular formula is C23H19FN2O2. The van der Waals surface area contributed by atoms with Gasteiger partial charge in [-0.1, -0.05) is 36.4 Å². The fourth-order valence-corrected chi connectivity index (χ4v) is 3.61. The molecule has 28 heavy (non-hydrogen) atoms. The van der Waals surface area contributed by atoms with Gasteiger partial charge in [0.25, 0.3) is 5.91 Å². The number of Topliss-reactive ketones (excluding diaryl/α,β-unsaturated/α-hetero) is 1. The molecule has 1 amide bonds. The molecule has 0 saturated carbocycles. The first-order chi connectivity index (χ1) is 13.6. The first kappa shape index (κ1) is 18.0. The molecule has 0 saturated heterocycles. The van der Waals surface area contributed by atoms with Gasteiger partial charge >= 0.3 is 0 Å². The van der Waals surface area contributed by atoms with Crippen LogP contribution in [0.5, 0.6) is 0 Å². The molecule has 3 aromatic rings. The Morgan fingerprint density at radius 1 is 1.04 bits per heavy atom. The Kier molecular flexibility index (Phi) is 4.98. The molecule has 1 aliphatic rings. The Hall–Kier alpha value is -3.34. The molecule has 0 aliphatic carbocycles. The van der Waals surface area contributed by atoms with E-state index < -0.39 is 6.04 Å². The highest BCUT2D eigenvalue weighted by Crippen LogP contribution is 2.33. The minimum Gasteiger partial charge on any atom is -0.327 e. The van der Waals surface area contributed by atoms with Gasteiger partial charge in [0.05, 0.1) is 6.04 Å². The van der Waals surface area contributed by atoms with E-state index in [0.717, 1.165) is 11.1 Å². The molecular weight excluding hydrogens is 355 g/mol. The largest absolute Gasteiger partial charge is 0.327 e. The fraction of sp³-hybridized carbons (Fsp3) is 0.174. The van der Waals surface area contributed by atoms with Crippen LogP contribution in [0.3, 0.4) is 0 Å². The lowest BCUT2D eigenvalue weighted by molar-refractivity contribution is -0.119. The van der Waals surface area contributed by atoms with Crippen LogP contribution >= 0.6 is 0 Å². The maximum Gasteiger partial charge on any atom is 0.255 e. The van der Waals surface area contributed by atoms with Crippen molar-refractivity contribution >= 4 is 11.7 Å². The summed E-state index contributed by atoms with van der Waals surface area (Å²) in [6, 6.07) is 18.5. The van der Waals surface area contributed by atoms with Gasteiger partial charge in [0.2, 0.25) is 0 Å². The maximum atomic E-state index is 13.4. The minimum absolute atomic E-state index is 0.0169. The molecule has 0 fully saturated rings. The van der Waals surface area contributed by atoms with Crippen molar-refractivity contribution in [2.75, 3.05) is 0 Å². The zero-order chi connectivity index (χ0) is 19.5. The lowest BCUT2D eigenvalue weighted by Gasteiger charge is -2.28. The normalized spacial score (nSPS) is 14.0. The van der Waals surface area contributed by atoms with Crippen molar-refractivity contribution in [3.05, 3.63) is 101 Å². The van der Waals surface area contributed by atoms with Crippen LogP contribution in [-0.2, 0) is 17.8 Å². The number of rotatable bonds is 6. The van der Waals surface area contributed by atoms with Crippen LogP contribution in [0.25, 0.3) is 0 Å². The number of aromatic nitrogens is 1. The van der Waals surface area contributed by atoms with Gasteiger partial charge in [0.15, 0.2) is 0 Å². The Labute approximate surface area is 162 Å². The molecule has 1 atom stereocenters. The topological polar surface area (TPSA) is 50.3 Å². The third kappa shape index (κ3) is 3.69. The summed E-state index contributed by atoms with van der Waals surface area (Å²) in [5, 5.41) is 0. The maximum absolute atomic E-state index is 13.4. The van der Waals surface area contributed by atoms with Crippen molar-refractivity contribution in [3.8, 4) is 0 Å². The molecule has 4 nitrogen and oxygen atoms in total. The van der Waals surface area contributed by atoms with E-state index in [0.29, 0.717) is 17.8 Å². The summed E-state index contributed by atoms with van der Waals surface area (Å²) in [7, 11) is 0. The van der Waals surface area contributed by atoms with Crippen molar-refractivity contribution in [3.63, 3.8) is 0 Å². The van der Waals surface area contributed by atoms with Gasteiger partial charge in [-0.2, -0.15) is 0 Å². The first-order valence-electron chi connectivity index (χ1n) is 9.18. The lowest BCUT2D eigenvalue weighted by atomic mass is 9.97. The molecule has 140 valence electrons. The molecule has 2 heterocycles. The molecule has 0 N–H and O–H groups in total. The number of hydrogen-bond donors (Lipinski definition) is 0. The number of halogens is 1. The number of nitrogens with zero attached hydrogens (tertiary/aromatic N) is 2. The van der Waals surface area contributed by atoms with E-state index >= 15 is 0 Å². The molecule has 1 aromatic heterocycles. The lowest BCUT2D eigenvalue weighted by Crippen LogP contribution is -2.31. The van der Waals surface area contributed by atoms with Gasteiger partial charge in [-0.25, -0.2) is 4.39 Å². The van der Waals surface area contributed by atoms with E-state index in [1.165, 1.54) is 12.1 Å². The Morgan fingerprint density at radius 3 is 2.50 bits per heavy atom. The van der Waals surface area contributed by atoms with Crippen LogP contribution in [0.15, 0.2) is 72.9 Å². The smallest absolute Gasteiger partial charge is 0.255 e. The van der Waals surface area contributed by atoms with E-state index in [-0.39, 0.29) is 30.3 Å². The van der Waals surface area contributed by atoms with E-state index in [2.05, 4.69) is 4.98 Å².